The second kappa shape index (κ2) is 50.1. The zero-order valence-corrected chi connectivity index (χ0v) is 34.9. The second-order valence-electron chi connectivity index (χ2n) is 12.8. The number of aliphatic hydroxyl groups excluding tert-OH is 2. The first-order valence-corrected chi connectivity index (χ1v) is 21.1. The van der Waals surface area contributed by atoms with E-state index in [0.29, 0.717) is 145 Å². The van der Waals surface area contributed by atoms with Gasteiger partial charge in [-0.2, -0.15) is 0 Å². The number of esters is 1. The topological polar surface area (TPSA) is 178 Å². The van der Waals surface area contributed by atoms with Crippen molar-refractivity contribution in [3.8, 4) is 0 Å². The van der Waals surface area contributed by atoms with E-state index in [1.807, 2.05) is 0 Å². The molecule has 336 valence electrons. The summed E-state index contributed by atoms with van der Waals surface area (Å²) in [6.45, 7) is 13.4. The van der Waals surface area contributed by atoms with Gasteiger partial charge in [0.1, 0.15) is 12.7 Å². The molecule has 0 heterocycles. The molecule has 1 atom stereocenters. The zero-order valence-electron chi connectivity index (χ0n) is 34.9. The van der Waals surface area contributed by atoms with Gasteiger partial charge in [-0.25, -0.2) is 0 Å². The molecule has 2 N–H and O–H groups in total. The third-order valence-electron chi connectivity index (χ3n) is 7.83. The van der Waals surface area contributed by atoms with Crippen molar-refractivity contribution < 1.29 is 76.6 Å². The smallest absolute Gasteiger partial charge is 0.308 e. The predicted octanol–water partition coefficient (Wildman–Crippen LogP) is 3.39. The average Bonchev–Trinajstić information content (AvgIpc) is 3.21. The molecular weight excluding hydrogens is 736 g/mol. The van der Waals surface area contributed by atoms with Crippen molar-refractivity contribution >= 4 is 5.97 Å². The summed E-state index contributed by atoms with van der Waals surface area (Å²) in [5.74, 6) is -0.495. The summed E-state index contributed by atoms with van der Waals surface area (Å²) in [7, 11) is 0. The fraction of sp³-hybridized carbons (Fsp3) is 0.975. The number of aliphatic hydroxyl groups is 2. The Hall–Kier alpha value is -1.09. The van der Waals surface area contributed by atoms with E-state index in [1.165, 1.54) is 57.8 Å². The minimum Gasteiger partial charge on any atom is -0.463 e. The van der Waals surface area contributed by atoms with Crippen molar-refractivity contribution in [2.24, 2.45) is 0 Å². The van der Waals surface area contributed by atoms with Crippen LogP contribution < -0.4 is 0 Å². The SMILES string of the molecule is CCCCCCCCCCCCOCCOCCOCCOCCOCCOCCOCCOCCOCCOCCOCCOCCC(=O)OCC(O)CO. The number of hydrogen-bond donors (Lipinski definition) is 2. The van der Waals surface area contributed by atoms with Gasteiger partial charge in [-0.1, -0.05) is 64.7 Å². The summed E-state index contributed by atoms with van der Waals surface area (Å²) in [5.41, 5.74) is 0. The number of rotatable bonds is 50. The maximum Gasteiger partial charge on any atom is 0.308 e. The quantitative estimate of drug-likeness (QED) is 0.0674. The third-order valence-corrected chi connectivity index (χ3v) is 7.83. The number of unbranched alkanes of at least 4 members (excludes halogenated alkanes) is 9. The van der Waals surface area contributed by atoms with Gasteiger partial charge in [-0.3, -0.25) is 4.79 Å². The van der Waals surface area contributed by atoms with Crippen LogP contribution in [-0.4, -0.2) is 194 Å². The molecule has 0 spiro atoms. The summed E-state index contributed by atoms with van der Waals surface area (Å²) in [4.78, 5) is 11.4. The van der Waals surface area contributed by atoms with E-state index in [-0.39, 0.29) is 19.6 Å². The van der Waals surface area contributed by atoms with E-state index in [0.717, 1.165) is 13.0 Å². The van der Waals surface area contributed by atoms with Gasteiger partial charge >= 0.3 is 5.97 Å². The molecule has 0 aliphatic rings. The highest BCUT2D eigenvalue weighted by Crippen LogP contribution is 2.10. The largest absolute Gasteiger partial charge is 0.463 e. The molecule has 0 rings (SSSR count). The van der Waals surface area contributed by atoms with Crippen molar-refractivity contribution in [2.45, 2.75) is 83.7 Å². The van der Waals surface area contributed by atoms with E-state index >= 15 is 0 Å². The zero-order chi connectivity index (χ0) is 40.5. The van der Waals surface area contributed by atoms with Gasteiger partial charge in [0, 0.05) is 6.61 Å². The van der Waals surface area contributed by atoms with Crippen LogP contribution in [0.15, 0.2) is 0 Å². The normalized spacial score (nSPS) is 12.1. The average molecular weight is 817 g/mol. The van der Waals surface area contributed by atoms with Gasteiger partial charge in [-0.05, 0) is 6.42 Å². The lowest BCUT2D eigenvalue weighted by atomic mass is 10.1. The molecule has 0 fully saturated rings. The number of hydrogen-bond acceptors (Lipinski definition) is 16. The fourth-order valence-corrected chi connectivity index (χ4v) is 4.68. The molecule has 0 aliphatic heterocycles. The summed E-state index contributed by atoms with van der Waals surface area (Å²) in [5, 5.41) is 17.8. The maximum atomic E-state index is 11.4. The van der Waals surface area contributed by atoms with Gasteiger partial charge < -0.3 is 71.8 Å². The van der Waals surface area contributed by atoms with E-state index in [2.05, 4.69) is 6.92 Å². The summed E-state index contributed by atoms with van der Waals surface area (Å²) >= 11 is 0. The lowest BCUT2D eigenvalue weighted by Gasteiger charge is -2.09. The van der Waals surface area contributed by atoms with Crippen LogP contribution in [0.5, 0.6) is 0 Å². The van der Waals surface area contributed by atoms with Crippen LogP contribution in [0.25, 0.3) is 0 Å². The molecule has 56 heavy (non-hydrogen) atoms. The van der Waals surface area contributed by atoms with Crippen molar-refractivity contribution in [1.82, 2.24) is 0 Å². The minimum absolute atomic E-state index is 0.0668. The Kier molecular flexibility index (Phi) is 49.1. The van der Waals surface area contributed by atoms with Crippen LogP contribution in [0.2, 0.25) is 0 Å². The van der Waals surface area contributed by atoms with Gasteiger partial charge in [0.05, 0.1) is 165 Å². The minimum atomic E-state index is -1.06. The van der Waals surface area contributed by atoms with Crippen LogP contribution in [-0.2, 0) is 66.4 Å². The lowest BCUT2D eigenvalue weighted by molar-refractivity contribution is -0.148. The Morgan fingerprint density at radius 2 is 0.625 bits per heavy atom. The van der Waals surface area contributed by atoms with Crippen molar-refractivity contribution in [3.05, 3.63) is 0 Å². The van der Waals surface area contributed by atoms with Crippen LogP contribution >= 0.6 is 0 Å². The predicted molar refractivity (Wildman–Crippen MR) is 210 cm³/mol. The molecule has 0 aromatic carbocycles. The van der Waals surface area contributed by atoms with Crippen molar-refractivity contribution in [3.63, 3.8) is 0 Å². The lowest BCUT2D eigenvalue weighted by Crippen LogP contribution is -2.22. The molecule has 0 aliphatic carbocycles. The molecule has 0 saturated heterocycles. The first-order chi connectivity index (χ1) is 27.7. The van der Waals surface area contributed by atoms with E-state index in [9.17, 15) is 4.79 Å². The molecule has 0 aromatic rings. The molecule has 0 amide bonds. The molecule has 0 bridgehead atoms. The summed E-state index contributed by atoms with van der Waals surface area (Å²) < 4.78 is 70.5. The molecule has 0 radical (unpaired) electrons. The van der Waals surface area contributed by atoms with Crippen LogP contribution in [0.3, 0.4) is 0 Å². The van der Waals surface area contributed by atoms with Gasteiger partial charge in [0.15, 0.2) is 0 Å². The van der Waals surface area contributed by atoms with Crippen LogP contribution in [0.1, 0.15) is 77.6 Å². The molecule has 1 unspecified atom stereocenters. The van der Waals surface area contributed by atoms with E-state index in [1.54, 1.807) is 0 Å². The van der Waals surface area contributed by atoms with Gasteiger partial charge in [0.2, 0.25) is 0 Å². The number of carbonyl (C=O) groups is 1. The van der Waals surface area contributed by atoms with Gasteiger partial charge in [-0.15, -0.1) is 0 Å². The third kappa shape index (κ3) is 49.1. The Morgan fingerprint density at radius 3 is 0.911 bits per heavy atom. The maximum absolute atomic E-state index is 11.4. The molecular formula is C40H80O16. The molecule has 16 nitrogen and oxygen atoms in total. The molecule has 0 aromatic heterocycles. The van der Waals surface area contributed by atoms with Crippen LogP contribution in [0.4, 0.5) is 0 Å². The highest BCUT2D eigenvalue weighted by atomic mass is 16.6. The van der Waals surface area contributed by atoms with Gasteiger partial charge in [0.25, 0.3) is 0 Å². The Balaban J connectivity index is 3.09. The summed E-state index contributed by atoms with van der Waals surface area (Å²) in [6.07, 6.45) is 12.4. The monoisotopic (exact) mass is 817 g/mol. The molecule has 16 heteroatoms. The standard InChI is InChI=1S/C40H80O16/c1-2-3-4-5-6-7-8-9-10-11-13-44-15-17-46-19-21-48-23-25-50-27-29-52-31-33-54-35-36-55-34-32-53-30-28-51-26-24-49-22-20-47-18-16-45-14-12-40(43)56-38-39(42)37-41/h39,41-42H,2-38H2,1H3. The number of ether oxygens (including phenoxy) is 13. The fourth-order valence-electron chi connectivity index (χ4n) is 4.68. The number of carbonyl (C=O) groups excluding carboxylic acids is 1. The van der Waals surface area contributed by atoms with Crippen molar-refractivity contribution in [2.75, 3.05) is 172 Å². The first-order valence-electron chi connectivity index (χ1n) is 21.1. The van der Waals surface area contributed by atoms with Crippen molar-refractivity contribution in [1.29, 1.82) is 0 Å². The Bertz CT molecular complexity index is 738. The Labute approximate surface area is 337 Å². The van der Waals surface area contributed by atoms with E-state index in [4.69, 9.17) is 71.8 Å². The van der Waals surface area contributed by atoms with E-state index < -0.39 is 18.7 Å². The summed E-state index contributed by atoms with van der Waals surface area (Å²) in [6, 6.07) is 0. The Morgan fingerprint density at radius 1 is 0.375 bits per heavy atom. The first kappa shape index (κ1) is 54.9. The molecule has 0 saturated carbocycles. The highest BCUT2D eigenvalue weighted by Gasteiger charge is 2.07. The van der Waals surface area contributed by atoms with Crippen LogP contribution in [0, 0.1) is 0 Å². The highest BCUT2D eigenvalue weighted by molar-refractivity contribution is 5.69. The second-order valence-corrected chi connectivity index (χ2v) is 12.8.